The number of aromatic hydroxyl groups is 1. The first-order valence-corrected chi connectivity index (χ1v) is 12.4. The van der Waals surface area contributed by atoms with Gasteiger partial charge >= 0.3 is 0 Å². The molecule has 1 N–H and O–H groups in total. The number of nitrogens with zero attached hydrogens (tertiary/aromatic N) is 1. The van der Waals surface area contributed by atoms with Crippen molar-refractivity contribution in [2.45, 2.75) is 65.5 Å². The Labute approximate surface area is 195 Å². The predicted molar refractivity (Wildman–Crippen MR) is 142 cm³/mol. The lowest BCUT2D eigenvalue weighted by atomic mass is 9.82. The highest BCUT2D eigenvalue weighted by atomic mass is 31.1. The van der Waals surface area contributed by atoms with Gasteiger partial charge in [0.1, 0.15) is 5.75 Å². The van der Waals surface area contributed by atoms with Crippen molar-refractivity contribution in [1.29, 1.82) is 0 Å². The van der Waals surface area contributed by atoms with E-state index in [4.69, 9.17) is 4.99 Å². The molecule has 3 rings (SSSR count). The molecule has 168 valence electrons. The lowest BCUT2D eigenvalue weighted by Gasteiger charge is -2.33. The molecule has 0 bridgehead atoms. The molecule has 0 aromatic heterocycles. The normalized spacial score (nSPS) is 14.3. The quantitative estimate of drug-likeness (QED) is 0.306. The zero-order valence-electron chi connectivity index (χ0n) is 20.5. The van der Waals surface area contributed by atoms with Crippen LogP contribution in [0.2, 0.25) is 0 Å². The third-order valence-electron chi connectivity index (χ3n) is 6.28. The zero-order valence-corrected chi connectivity index (χ0v) is 21.5. The van der Waals surface area contributed by atoms with Gasteiger partial charge in [-0.2, -0.15) is 0 Å². The monoisotopic (exact) mass is 445 g/mol. The third kappa shape index (κ3) is 5.30. The maximum Gasteiger partial charge on any atom is 0.122 e. The number of aryl methyl sites for hydroxylation is 2. The summed E-state index contributed by atoms with van der Waals surface area (Å²) in [5.74, 6) is 0.433. The van der Waals surface area contributed by atoms with E-state index in [0.29, 0.717) is 14.3 Å². The van der Waals surface area contributed by atoms with Gasteiger partial charge in [0.25, 0.3) is 0 Å². The highest BCUT2D eigenvalue weighted by molar-refractivity contribution is 7.49. The largest absolute Gasteiger partial charge is 0.507 e. The number of para-hydroxylation sites is 1. The van der Waals surface area contributed by atoms with Crippen molar-refractivity contribution in [3.8, 4) is 5.75 Å². The fourth-order valence-corrected chi connectivity index (χ4v) is 5.51. The molecule has 2 nitrogen and oxygen atoms in total. The molecule has 0 spiro atoms. The second-order valence-electron chi connectivity index (χ2n) is 9.88. The van der Waals surface area contributed by atoms with E-state index in [2.05, 4.69) is 71.9 Å². The first-order valence-electron chi connectivity index (χ1n) is 11.4. The number of phenols is 1. The Balaban J connectivity index is 2.07. The van der Waals surface area contributed by atoms with Crippen molar-refractivity contribution in [1.82, 2.24) is 0 Å². The number of hydrogen-bond acceptors (Lipinski definition) is 2. The van der Waals surface area contributed by atoms with E-state index in [9.17, 15) is 5.11 Å². The minimum atomic E-state index is -0.169. The van der Waals surface area contributed by atoms with Crippen molar-refractivity contribution < 1.29 is 5.11 Å². The molecule has 3 aromatic carbocycles. The Hall–Kier alpha value is -2.44. The summed E-state index contributed by atoms with van der Waals surface area (Å²) in [4.78, 5) is 4.71. The third-order valence-corrected chi connectivity index (χ3v) is 8.39. The average molecular weight is 446 g/mol. The molecule has 3 aromatic rings. The van der Waals surface area contributed by atoms with E-state index in [1.807, 2.05) is 43.5 Å². The molecular weight excluding hydrogens is 409 g/mol. The number of rotatable bonds is 6. The van der Waals surface area contributed by atoms with Crippen molar-refractivity contribution in [2.24, 2.45) is 4.99 Å². The smallest absolute Gasteiger partial charge is 0.122 e. The second kappa shape index (κ2) is 9.59. The molecule has 2 atom stereocenters. The lowest BCUT2D eigenvalue weighted by Crippen LogP contribution is -2.23. The van der Waals surface area contributed by atoms with Gasteiger partial charge in [-0.15, -0.1) is 0 Å². The first kappa shape index (κ1) is 24.2. The lowest BCUT2D eigenvalue weighted by molar-refractivity contribution is 0.450. The van der Waals surface area contributed by atoms with Crippen LogP contribution in [0.4, 0.5) is 5.69 Å². The summed E-state index contributed by atoms with van der Waals surface area (Å²) >= 11 is 0. The number of phenolic OH excluding ortho intramolecular Hbond substituents is 1. The van der Waals surface area contributed by atoms with Crippen LogP contribution in [-0.2, 0) is 10.6 Å². The second-order valence-corrected chi connectivity index (χ2v) is 11.7. The average Bonchev–Trinajstić information content (AvgIpc) is 2.75. The molecule has 32 heavy (non-hydrogen) atoms. The molecule has 0 fully saturated rings. The number of aliphatic imine (C=N–C) groups is 1. The van der Waals surface area contributed by atoms with E-state index in [0.717, 1.165) is 28.8 Å². The number of benzene rings is 3. The van der Waals surface area contributed by atoms with E-state index in [-0.39, 0.29) is 10.6 Å². The summed E-state index contributed by atoms with van der Waals surface area (Å²) in [5, 5.41) is 12.2. The Morgan fingerprint density at radius 1 is 0.906 bits per heavy atom. The van der Waals surface area contributed by atoms with Gasteiger partial charge in [0.2, 0.25) is 0 Å². The van der Waals surface area contributed by atoms with Crippen LogP contribution in [-0.4, -0.2) is 11.3 Å². The molecule has 2 unspecified atom stereocenters. The van der Waals surface area contributed by atoms with Gasteiger partial charge in [-0.1, -0.05) is 91.7 Å². The highest BCUT2D eigenvalue weighted by Gasteiger charge is 2.31. The van der Waals surface area contributed by atoms with Crippen molar-refractivity contribution in [3.63, 3.8) is 0 Å². The molecule has 0 saturated carbocycles. The molecule has 0 radical (unpaired) electrons. The highest BCUT2D eigenvalue weighted by Crippen LogP contribution is 2.49. The standard InChI is InChI=1S/C29H36NOP/c1-8-29(7,25-18-23(28(4,5)6)17-21(3)26(25)31)32-27-20(2)13-12-14-22(27)19-30-24-15-10-9-11-16-24/h9-19,31-32H,8H2,1-7H3. The van der Waals surface area contributed by atoms with Crippen LogP contribution in [0, 0.1) is 13.8 Å². The topological polar surface area (TPSA) is 32.6 Å². The minimum absolute atomic E-state index is 0.0289. The van der Waals surface area contributed by atoms with Gasteiger partial charge in [0.15, 0.2) is 0 Å². The molecule has 0 saturated heterocycles. The molecule has 0 aliphatic carbocycles. The van der Waals surface area contributed by atoms with Gasteiger partial charge < -0.3 is 5.11 Å². The van der Waals surface area contributed by atoms with Crippen LogP contribution in [0.3, 0.4) is 0 Å². The SMILES string of the molecule is CCC(C)(Pc1c(C)cccc1C=Nc1ccccc1)c1cc(C(C)(C)C)cc(C)c1O. The first-order chi connectivity index (χ1) is 15.0. The van der Waals surface area contributed by atoms with Gasteiger partial charge in [-0.3, -0.25) is 4.99 Å². The number of hydrogen-bond donors (Lipinski definition) is 1. The molecule has 0 heterocycles. The van der Waals surface area contributed by atoms with Gasteiger partial charge in [0, 0.05) is 22.5 Å². The Morgan fingerprint density at radius 3 is 2.22 bits per heavy atom. The molecule has 0 aliphatic rings. The van der Waals surface area contributed by atoms with Crippen molar-refractivity contribution in [3.05, 3.63) is 88.5 Å². The fraction of sp³-hybridized carbons (Fsp3) is 0.345. The Morgan fingerprint density at radius 2 is 1.59 bits per heavy atom. The Bertz CT molecular complexity index is 1110. The fourth-order valence-electron chi connectivity index (χ4n) is 3.88. The molecule has 0 aliphatic heterocycles. The summed E-state index contributed by atoms with van der Waals surface area (Å²) in [5.41, 5.74) is 6.67. The minimum Gasteiger partial charge on any atom is -0.507 e. The van der Waals surface area contributed by atoms with Crippen LogP contribution >= 0.6 is 8.58 Å². The van der Waals surface area contributed by atoms with Crippen LogP contribution in [0.15, 0.2) is 65.7 Å². The van der Waals surface area contributed by atoms with Crippen LogP contribution in [0.1, 0.15) is 68.9 Å². The van der Waals surface area contributed by atoms with Gasteiger partial charge in [0.05, 0.1) is 5.69 Å². The van der Waals surface area contributed by atoms with Crippen LogP contribution < -0.4 is 5.30 Å². The van der Waals surface area contributed by atoms with Crippen molar-refractivity contribution >= 4 is 25.8 Å². The predicted octanol–water partition coefficient (Wildman–Crippen LogP) is 7.69. The van der Waals surface area contributed by atoms with E-state index in [1.54, 1.807) is 0 Å². The maximum atomic E-state index is 11.1. The van der Waals surface area contributed by atoms with Crippen LogP contribution in [0.25, 0.3) is 0 Å². The molecule has 3 heteroatoms. The van der Waals surface area contributed by atoms with Gasteiger partial charge in [-0.25, -0.2) is 0 Å². The summed E-state index contributed by atoms with van der Waals surface area (Å²) < 4.78 is 0. The zero-order chi connectivity index (χ0) is 23.5. The van der Waals surface area contributed by atoms with Crippen LogP contribution in [0.5, 0.6) is 5.75 Å². The van der Waals surface area contributed by atoms with E-state index in [1.165, 1.54) is 16.4 Å². The molecular formula is C29H36NOP. The van der Waals surface area contributed by atoms with Crippen molar-refractivity contribution in [2.75, 3.05) is 0 Å². The van der Waals surface area contributed by atoms with E-state index < -0.39 is 0 Å². The Kier molecular flexibility index (Phi) is 7.25. The maximum absolute atomic E-state index is 11.1. The molecule has 0 amide bonds. The summed E-state index contributed by atoms with van der Waals surface area (Å²) in [6, 6.07) is 20.8. The summed E-state index contributed by atoms with van der Waals surface area (Å²) in [6.07, 6.45) is 2.92. The van der Waals surface area contributed by atoms with Gasteiger partial charge in [-0.05, 0) is 59.8 Å². The van der Waals surface area contributed by atoms with E-state index >= 15 is 0 Å². The summed E-state index contributed by atoms with van der Waals surface area (Å²) in [6.45, 7) is 15.4. The summed E-state index contributed by atoms with van der Waals surface area (Å²) in [7, 11) is 0.512.